The number of carbonyl (C=O) groups excluding carboxylic acids is 3. The van der Waals surface area contributed by atoms with E-state index in [1.54, 1.807) is 11.0 Å². The summed E-state index contributed by atoms with van der Waals surface area (Å²) < 4.78 is 6.08. The maximum atomic E-state index is 12.6. The highest BCUT2D eigenvalue weighted by molar-refractivity contribution is 6.05. The molecule has 2 saturated heterocycles. The Labute approximate surface area is 217 Å². The predicted octanol–water partition coefficient (Wildman–Crippen LogP) is 3.40. The fraction of sp³-hybridized carbons (Fsp3) is 0.448. The van der Waals surface area contributed by atoms with Gasteiger partial charge in [-0.1, -0.05) is 18.6 Å². The minimum atomic E-state index is -0.569. The van der Waals surface area contributed by atoms with Gasteiger partial charge in [0.05, 0.1) is 17.7 Å². The number of piperidine rings is 1. The van der Waals surface area contributed by atoms with Crippen molar-refractivity contribution in [1.29, 1.82) is 5.26 Å². The summed E-state index contributed by atoms with van der Waals surface area (Å²) in [5, 5.41) is 14.1. The summed E-state index contributed by atoms with van der Waals surface area (Å²) in [4.78, 5) is 37.6. The predicted molar refractivity (Wildman–Crippen MR) is 137 cm³/mol. The molecule has 37 heavy (non-hydrogen) atoms. The van der Waals surface area contributed by atoms with E-state index in [1.807, 2.05) is 36.4 Å². The van der Waals surface area contributed by atoms with Gasteiger partial charge in [0.1, 0.15) is 11.8 Å². The first kappa shape index (κ1) is 25.0. The van der Waals surface area contributed by atoms with Crippen molar-refractivity contribution in [3.05, 3.63) is 64.7 Å². The molecule has 0 radical (unpaired) electrons. The van der Waals surface area contributed by atoms with Gasteiger partial charge in [0.15, 0.2) is 0 Å². The van der Waals surface area contributed by atoms with E-state index >= 15 is 0 Å². The normalized spacial score (nSPS) is 21.8. The van der Waals surface area contributed by atoms with E-state index in [9.17, 15) is 14.4 Å². The Hall–Kier alpha value is -3.70. The summed E-state index contributed by atoms with van der Waals surface area (Å²) in [5.74, 6) is 0.666. The summed E-state index contributed by atoms with van der Waals surface area (Å²) in [6, 6.07) is 15.0. The number of nitrogens with zero attached hydrogens (tertiary/aromatic N) is 2. The van der Waals surface area contributed by atoms with Gasteiger partial charge in [-0.2, -0.15) is 5.26 Å². The third kappa shape index (κ3) is 5.67. The van der Waals surface area contributed by atoms with Crippen LogP contribution in [0.15, 0.2) is 42.5 Å². The number of amides is 3. The molecule has 0 spiro atoms. The van der Waals surface area contributed by atoms with E-state index in [4.69, 9.17) is 10.00 Å². The molecule has 1 unspecified atom stereocenters. The molecule has 2 aromatic carbocycles. The molecule has 8 heteroatoms. The van der Waals surface area contributed by atoms with Gasteiger partial charge in [0, 0.05) is 37.5 Å². The lowest BCUT2D eigenvalue weighted by Gasteiger charge is -2.29. The number of rotatable bonds is 4. The minimum absolute atomic E-state index is 0.145. The molecule has 0 bridgehead atoms. The van der Waals surface area contributed by atoms with Crippen LogP contribution in [0.5, 0.6) is 5.75 Å². The van der Waals surface area contributed by atoms with E-state index in [0.29, 0.717) is 24.4 Å². The number of carbonyl (C=O) groups is 3. The van der Waals surface area contributed by atoms with Crippen molar-refractivity contribution in [2.45, 2.75) is 69.6 Å². The molecule has 0 aromatic heterocycles. The maximum Gasteiger partial charge on any atom is 0.255 e. The first-order valence-corrected chi connectivity index (χ1v) is 13.2. The molecular weight excluding hydrogens is 468 g/mol. The number of benzene rings is 2. The van der Waals surface area contributed by atoms with Crippen molar-refractivity contribution in [2.75, 3.05) is 13.1 Å². The second-order valence-electron chi connectivity index (χ2n) is 10.2. The van der Waals surface area contributed by atoms with E-state index in [2.05, 4.69) is 16.7 Å². The zero-order valence-electron chi connectivity index (χ0n) is 20.9. The van der Waals surface area contributed by atoms with Crippen molar-refractivity contribution in [3.63, 3.8) is 0 Å². The standard InChI is InChI=1S/C19H22N2O4.C10H10N2/c22-17-9-8-16(18(23)20-17)21-11-12-10-14(6-7-15(12)19(21)24)25-13-4-2-1-3-5-13;11-5-8-1-3-9(4-2-8)10-6-12-7-10/h6-7,10,13,16H,1-5,8-9,11H2,(H,20,22,23);1-4,10,12H,6-7H2. The fourth-order valence-electron chi connectivity index (χ4n) is 5.35. The van der Waals surface area contributed by atoms with Gasteiger partial charge in [-0.05, 0) is 73.6 Å². The second kappa shape index (κ2) is 11.1. The van der Waals surface area contributed by atoms with Crippen LogP contribution in [0.25, 0.3) is 0 Å². The SMILES string of the molecule is N#Cc1ccc(C2CNC2)cc1.O=C1CCC(N2Cc3cc(OC4CCCCC4)ccc3C2=O)C(=O)N1. The van der Waals surface area contributed by atoms with Crippen molar-refractivity contribution >= 4 is 17.7 Å². The van der Waals surface area contributed by atoms with Crippen molar-refractivity contribution < 1.29 is 19.1 Å². The van der Waals surface area contributed by atoms with Crippen molar-refractivity contribution in [2.24, 2.45) is 0 Å². The van der Waals surface area contributed by atoms with Gasteiger partial charge in [-0.15, -0.1) is 0 Å². The monoisotopic (exact) mass is 500 g/mol. The Balaban J connectivity index is 0.000000195. The molecule has 8 nitrogen and oxygen atoms in total. The quantitative estimate of drug-likeness (QED) is 0.623. The van der Waals surface area contributed by atoms with E-state index < -0.39 is 6.04 Å². The summed E-state index contributed by atoms with van der Waals surface area (Å²) in [6.07, 6.45) is 6.77. The summed E-state index contributed by atoms with van der Waals surface area (Å²) in [5.41, 5.74) is 3.60. The van der Waals surface area contributed by atoms with E-state index in [-0.39, 0.29) is 30.2 Å². The molecule has 2 N–H and O–H groups in total. The highest BCUT2D eigenvalue weighted by Gasteiger charge is 2.39. The molecule has 3 fully saturated rings. The Morgan fingerprint density at radius 2 is 1.70 bits per heavy atom. The van der Waals surface area contributed by atoms with Crippen LogP contribution in [0, 0.1) is 11.3 Å². The summed E-state index contributed by atoms with van der Waals surface area (Å²) in [7, 11) is 0. The molecule has 2 aromatic rings. The first-order chi connectivity index (χ1) is 18.0. The topological polar surface area (TPSA) is 112 Å². The molecule has 192 valence electrons. The molecule has 1 saturated carbocycles. The molecular formula is C29H32N4O4. The number of imide groups is 1. The average molecular weight is 501 g/mol. The third-order valence-corrected chi connectivity index (χ3v) is 7.64. The van der Waals surface area contributed by atoms with Crippen LogP contribution < -0.4 is 15.4 Å². The van der Waals surface area contributed by atoms with Crippen LogP contribution in [-0.2, 0) is 16.1 Å². The summed E-state index contributed by atoms with van der Waals surface area (Å²) in [6.45, 7) is 2.54. The molecule has 1 aliphatic carbocycles. The lowest BCUT2D eigenvalue weighted by Crippen LogP contribution is -2.52. The summed E-state index contributed by atoms with van der Waals surface area (Å²) >= 11 is 0. The Kier molecular flexibility index (Phi) is 7.52. The van der Waals surface area contributed by atoms with Crippen LogP contribution in [0.3, 0.4) is 0 Å². The number of hydrogen-bond acceptors (Lipinski definition) is 6. The smallest absolute Gasteiger partial charge is 0.255 e. The van der Waals surface area contributed by atoms with Crippen molar-refractivity contribution in [3.8, 4) is 11.8 Å². The molecule has 3 heterocycles. The van der Waals surface area contributed by atoms with Crippen LogP contribution in [0.1, 0.15) is 77.9 Å². The van der Waals surface area contributed by atoms with Gasteiger partial charge in [0.2, 0.25) is 11.8 Å². The van der Waals surface area contributed by atoms with Crippen molar-refractivity contribution in [1.82, 2.24) is 15.5 Å². The lowest BCUT2D eigenvalue weighted by molar-refractivity contribution is -0.136. The Morgan fingerprint density at radius 3 is 2.35 bits per heavy atom. The largest absolute Gasteiger partial charge is 0.490 e. The van der Waals surface area contributed by atoms with E-state index in [0.717, 1.165) is 42.8 Å². The van der Waals surface area contributed by atoms with Gasteiger partial charge < -0.3 is 15.0 Å². The number of nitrogens with one attached hydrogen (secondary N) is 2. The van der Waals surface area contributed by atoms with E-state index in [1.165, 1.54) is 24.8 Å². The van der Waals surface area contributed by atoms with Crippen LogP contribution in [-0.4, -0.2) is 47.9 Å². The molecule has 6 rings (SSSR count). The average Bonchev–Trinajstić information content (AvgIpc) is 3.20. The Morgan fingerprint density at radius 1 is 0.946 bits per heavy atom. The van der Waals surface area contributed by atoms with Gasteiger partial charge in [0.25, 0.3) is 5.91 Å². The first-order valence-electron chi connectivity index (χ1n) is 13.2. The van der Waals surface area contributed by atoms with Crippen LogP contribution >= 0.6 is 0 Å². The molecule has 4 aliphatic rings. The maximum absolute atomic E-state index is 12.6. The fourth-order valence-corrected chi connectivity index (χ4v) is 5.35. The minimum Gasteiger partial charge on any atom is -0.490 e. The van der Waals surface area contributed by atoms with Gasteiger partial charge in [-0.3, -0.25) is 19.7 Å². The van der Waals surface area contributed by atoms with Crippen LogP contribution in [0.2, 0.25) is 0 Å². The highest BCUT2D eigenvalue weighted by atomic mass is 16.5. The van der Waals surface area contributed by atoms with Gasteiger partial charge >= 0.3 is 0 Å². The number of fused-ring (bicyclic) bond motifs is 1. The number of ether oxygens (including phenoxy) is 1. The number of nitriles is 1. The highest BCUT2D eigenvalue weighted by Crippen LogP contribution is 2.31. The third-order valence-electron chi connectivity index (χ3n) is 7.64. The molecule has 3 aliphatic heterocycles. The number of hydrogen-bond donors (Lipinski definition) is 2. The molecule has 3 amide bonds. The second-order valence-corrected chi connectivity index (χ2v) is 10.2. The lowest BCUT2D eigenvalue weighted by atomic mass is 9.93. The van der Waals surface area contributed by atoms with Gasteiger partial charge in [-0.25, -0.2) is 0 Å². The van der Waals surface area contributed by atoms with Crippen LogP contribution in [0.4, 0.5) is 0 Å². The Bertz CT molecular complexity index is 1210. The molecule has 1 atom stereocenters. The zero-order chi connectivity index (χ0) is 25.8. The zero-order valence-corrected chi connectivity index (χ0v) is 20.9.